The molecular formula is C13H15N3O. The maximum absolute atomic E-state index is 5.82. The van der Waals surface area contributed by atoms with Gasteiger partial charge in [-0.05, 0) is 31.9 Å². The SMILES string of the molecule is CC1(c2nncn2-c2ccccc2)CCCO1. The number of hydrogen-bond acceptors (Lipinski definition) is 3. The van der Waals surface area contributed by atoms with E-state index < -0.39 is 0 Å². The number of benzene rings is 1. The van der Waals surface area contributed by atoms with Crippen LogP contribution in [0, 0.1) is 0 Å². The quantitative estimate of drug-likeness (QED) is 0.793. The Kier molecular flexibility index (Phi) is 2.44. The normalized spacial score (nSPS) is 24.1. The molecule has 2 aromatic rings. The standard InChI is InChI=1S/C13H15N3O/c1-13(8-5-9-17-13)12-15-14-10-16(12)11-6-3-2-4-7-11/h2-4,6-7,10H,5,8-9H2,1H3. The summed E-state index contributed by atoms with van der Waals surface area (Å²) in [4.78, 5) is 0. The van der Waals surface area contributed by atoms with Crippen molar-refractivity contribution >= 4 is 0 Å². The summed E-state index contributed by atoms with van der Waals surface area (Å²) in [5.74, 6) is 0.890. The minimum Gasteiger partial charge on any atom is -0.367 e. The second-order valence-corrected chi connectivity index (χ2v) is 4.54. The molecule has 17 heavy (non-hydrogen) atoms. The van der Waals surface area contributed by atoms with Crippen molar-refractivity contribution < 1.29 is 4.74 Å². The van der Waals surface area contributed by atoms with Crippen LogP contribution in [0.1, 0.15) is 25.6 Å². The van der Waals surface area contributed by atoms with E-state index in [-0.39, 0.29) is 5.60 Å². The predicted molar refractivity (Wildman–Crippen MR) is 63.9 cm³/mol. The molecule has 0 N–H and O–H groups in total. The summed E-state index contributed by atoms with van der Waals surface area (Å²) in [7, 11) is 0. The van der Waals surface area contributed by atoms with Crippen molar-refractivity contribution in [1.29, 1.82) is 0 Å². The first-order valence-corrected chi connectivity index (χ1v) is 5.89. The Hall–Kier alpha value is -1.68. The van der Waals surface area contributed by atoms with Crippen molar-refractivity contribution in [2.24, 2.45) is 0 Å². The Balaban J connectivity index is 2.05. The summed E-state index contributed by atoms with van der Waals surface area (Å²) in [5, 5.41) is 8.26. The smallest absolute Gasteiger partial charge is 0.169 e. The van der Waals surface area contributed by atoms with E-state index in [0.29, 0.717) is 0 Å². The Morgan fingerprint density at radius 2 is 2.12 bits per heavy atom. The molecule has 0 spiro atoms. The van der Waals surface area contributed by atoms with Crippen molar-refractivity contribution in [3.05, 3.63) is 42.5 Å². The summed E-state index contributed by atoms with van der Waals surface area (Å²) in [6.07, 6.45) is 3.83. The van der Waals surface area contributed by atoms with Crippen LogP contribution in [0.5, 0.6) is 0 Å². The largest absolute Gasteiger partial charge is 0.367 e. The van der Waals surface area contributed by atoms with Crippen LogP contribution in [0.2, 0.25) is 0 Å². The highest BCUT2D eigenvalue weighted by Crippen LogP contribution is 2.34. The van der Waals surface area contributed by atoms with E-state index in [1.165, 1.54) is 0 Å². The van der Waals surface area contributed by atoms with E-state index in [9.17, 15) is 0 Å². The molecule has 1 aliphatic heterocycles. The van der Waals surface area contributed by atoms with Crippen LogP contribution >= 0.6 is 0 Å². The third-order valence-corrected chi connectivity index (χ3v) is 3.27. The first-order chi connectivity index (χ1) is 8.30. The van der Waals surface area contributed by atoms with Crippen LogP contribution in [0.3, 0.4) is 0 Å². The first-order valence-electron chi connectivity index (χ1n) is 5.89. The zero-order chi connectivity index (χ0) is 11.7. The molecule has 0 radical (unpaired) electrons. The zero-order valence-corrected chi connectivity index (χ0v) is 9.84. The molecule has 1 aromatic carbocycles. The van der Waals surface area contributed by atoms with E-state index in [2.05, 4.69) is 17.1 Å². The third kappa shape index (κ3) is 1.74. The van der Waals surface area contributed by atoms with Crippen LogP contribution in [0.4, 0.5) is 0 Å². The minimum atomic E-state index is -0.299. The van der Waals surface area contributed by atoms with E-state index >= 15 is 0 Å². The highest BCUT2D eigenvalue weighted by molar-refractivity contribution is 5.33. The van der Waals surface area contributed by atoms with E-state index in [0.717, 1.165) is 31.0 Å². The van der Waals surface area contributed by atoms with Gasteiger partial charge < -0.3 is 4.74 Å². The Bertz CT molecular complexity index is 500. The Morgan fingerprint density at radius 1 is 1.29 bits per heavy atom. The van der Waals surface area contributed by atoms with Crippen LogP contribution in [0.15, 0.2) is 36.7 Å². The monoisotopic (exact) mass is 229 g/mol. The predicted octanol–water partition coefficient (Wildman–Crippen LogP) is 2.29. The van der Waals surface area contributed by atoms with Crippen LogP contribution in [0.25, 0.3) is 5.69 Å². The van der Waals surface area contributed by atoms with Gasteiger partial charge >= 0.3 is 0 Å². The molecule has 2 heterocycles. The molecule has 1 aliphatic rings. The molecule has 0 bridgehead atoms. The lowest BCUT2D eigenvalue weighted by molar-refractivity contribution is 0.00791. The van der Waals surface area contributed by atoms with Gasteiger partial charge in [0.15, 0.2) is 5.82 Å². The minimum absolute atomic E-state index is 0.299. The van der Waals surface area contributed by atoms with Gasteiger partial charge in [0.05, 0.1) is 0 Å². The van der Waals surface area contributed by atoms with Gasteiger partial charge in [-0.15, -0.1) is 10.2 Å². The number of para-hydroxylation sites is 1. The fourth-order valence-electron chi connectivity index (χ4n) is 2.33. The fourth-order valence-corrected chi connectivity index (χ4v) is 2.33. The Labute approximate surface area is 100 Å². The Morgan fingerprint density at radius 3 is 2.82 bits per heavy atom. The summed E-state index contributed by atoms with van der Waals surface area (Å²) >= 11 is 0. The summed E-state index contributed by atoms with van der Waals surface area (Å²) in [5.41, 5.74) is 0.774. The second-order valence-electron chi connectivity index (χ2n) is 4.54. The van der Waals surface area contributed by atoms with Crippen LogP contribution in [-0.2, 0) is 10.3 Å². The topological polar surface area (TPSA) is 39.9 Å². The van der Waals surface area contributed by atoms with E-state index in [1.807, 2.05) is 34.9 Å². The molecule has 4 nitrogen and oxygen atoms in total. The molecule has 88 valence electrons. The average molecular weight is 229 g/mol. The number of hydrogen-bond donors (Lipinski definition) is 0. The number of rotatable bonds is 2. The molecule has 1 saturated heterocycles. The van der Waals surface area contributed by atoms with Crippen molar-refractivity contribution in [3.63, 3.8) is 0 Å². The van der Waals surface area contributed by atoms with Crippen molar-refractivity contribution in [2.75, 3.05) is 6.61 Å². The lowest BCUT2D eigenvalue weighted by Gasteiger charge is -2.22. The molecule has 1 unspecified atom stereocenters. The molecule has 1 fully saturated rings. The summed E-state index contributed by atoms with van der Waals surface area (Å²) in [6, 6.07) is 10.1. The van der Waals surface area contributed by atoms with Crippen LogP contribution in [-0.4, -0.2) is 21.4 Å². The van der Waals surface area contributed by atoms with Gasteiger partial charge in [-0.25, -0.2) is 0 Å². The molecule has 3 rings (SSSR count). The molecule has 0 saturated carbocycles. The zero-order valence-electron chi connectivity index (χ0n) is 9.84. The molecule has 4 heteroatoms. The van der Waals surface area contributed by atoms with Crippen LogP contribution < -0.4 is 0 Å². The van der Waals surface area contributed by atoms with Gasteiger partial charge in [0, 0.05) is 12.3 Å². The summed E-state index contributed by atoms with van der Waals surface area (Å²) in [6.45, 7) is 2.89. The van der Waals surface area contributed by atoms with Crippen molar-refractivity contribution in [1.82, 2.24) is 14.8 Å². The van der Waals surface area contributed by atoms with Crippen molar-refractivity contribution in [3.8, 4) is 5.69 Å². The maximum atomic E-state index is 5.82. The molecule has 1 atom stereocenters. The lowest BCUT2D eigenvalue weighted by atomic mass is 10.0. The van der Waals surface area contributed by atoms with Gasteiger partial charge in [0.2, 0.25) is 0 Å². The second kappa shape index (κ2) is 3.96. The fraction of sp³-hybridized carbons (Fsp3) is 0.385. The lowest BCUT2D eigenvalue weighted by Crippen LogP contribution is -2.24. The number of nitrogens with zero attached hydrogens (tertiary/aromatic N) is 3. The number of aromatic nitrogens is 3. The molecule has 1 aromatic heterocycles. The van der Waals surface area contributed by atoms with Gasteiger partial charge in [0.1, 0.15) is 11.9 Å². The maximum Gasteiger partial charge on any atom is 0.169 e. The molecular weight excluding hydrogens is 214 g/mol. The molecule has 0 amide bonds. The molecule has 0 aliphatic carbocycles. The summed E-state index contributed by atoms with van der Waals surface area (Å²) < 4.78 is 7.83. The highest BCUT2D eigenvalue weighted by atomic mass is 16.5. The first kappa shape index (κ1) is 10.5. The van der Waals surface area contributed by atoms with Gasteiger partial charge in [-0.1, -0.05) is 18.2 Å². The van der Waals surface area contributed by atoms with Gasteiger partial charge in [0.25, 0.3) is 0 Å². The highest BCUT2D eigenvalue weighted by Gasteiger charge is 2.36. The van der Waals surface area contributed by atoms with Crippen molar-refractivity contribution in [2.45, 2.75) is 25.4 Å². The van der Waals surface area contributed by atoms with E-state index in [1.54, 1.807) is 6.33 Å². The van der Waals surface area contributed by atoms with E-state index in [4.69, 9.17) is 4.74 Å². The van der Waals surface area contributed by atoms with Gasteiger partial charge in [-0.2, -0.15) is 0 Å². The van der Waals surface area contributed by atoms with Gasteiger partial charge in [-0.3, -0.25) is 4.57 Å². The average Bonchev–Trinajstić information content (AvgIpc) is 2.99. The third-order valence-electron chi connectivity index (χ3n) is 3.27. The number of ether oxygens (including phenoxy) is 1.